The lowest BCUT2D eigenvalue weighted by Gasteiger charge is -2.26. The normalized spacial score (nSPS) is 21.5. The van der Waals surface area contributed by atoms with E-state index in [9.17, 15) is 4.79 Å². The Morgan fingerprint density at radius 1 is 1.39 bits per heavy atom. The van der Waals surface area contributed by atoms with Gasteiger partial charge in [-0.15, -0.1) is 0 Å². The Kier molecular flexibility index (Phi) is 4.68. The summed E-state index contributed by atoms with van der Waals surface area (Å²) in [7, 11) is 2.08. The average molecular weight is 333 g/mol. The number of nitrogens with one attached hydrogen (secondary N) is 1. The van der Waals surface area contributed by atoms with Crippen molar-refractivity contribution in [3.05, 3.63) is 52.8 Å². The molecule has 0 radical (unpaired) electrons. The van der Waals surface area contributed by atoms with Gasteiger partial charge in [0.1, 0.15) is 0 Å². The second-order valence-corrected chi connectivity index (χ2v) is 6.37. The van der Waals surface area contributed by atoms with Crippen LogP contribution in [0, 0.1) is 0 Å². The minimum Gasteiger partial charge on any atom is -0.347 e. The molecule has 122 valence electrons. The Balaban J connectivity index is 1.75. The van der Waals surface area contributed by atoms with Crippen LogP contribution in [0.5, 0.6) is 0 Å². The summed E-state index contributed by atoms with van der Waals surface area (Å²) in [4.78, 5) is 14.7. The van der Waals surface area contributed by atoms with E-state index < -0.39 is 0 Å². The van der Waals surface area contributed by atoms with Crippen molar-refractivity contribution in [3.8, 4) is 0 Å². The topological polar surface area (TPSA) is 50.2 Å². The number of carbonyl (C=O) groups is 1. The highest BCUT2D eigenvalue weighted by Gasteiger charge is 2.34. The molecule has 1 N–H and O–H groups in total. The maximum absolute atomic E-state index is 12.5. The lowest BCUT2D eigenvalue weighted by molar-refractivity contribution is 0.0927. The summed E-state index contributed by atoms with van der Waals surface area (Å²) in [5.74, 6) is -0.0658. The van der Waals surface area contributed by atoms with Crippen LogP contribution in [-0.2, 0) is 6.54 Å². The number of halogens is 1. The van der Waals surface area contributed by atoms with Gasteiger partial charge >= 0.3 is 0 Å². The van der Waals surface area contributed by atoms with Crippen LogP contribution >= 0.6 is 11.6 Å². The van der Waals surface area contributed by atoms with Crippen LogP contribution < -0.4 is 5.32 Å². The van der Waals surface area contributed by atoms with Gasteiger partial charge in [0.15, 0.2) is 0 Å². The van der Waals surface area contributed by atoms with Crippen LogP contribution in [0.4, 0.5) is 0 Å². The molecule has 2 heterocycles. The minimum absolute atomic E-state index is 0.0658. The van der Waals surface area contributed by atoms with Crippen molar-refractivity contribution in [1.29, 1.82) is 0 Å². The highest BCUT2D eigenvalue weighted by molar-refractivity contribution is 6.30. The molecule has 1 aliphatic heterocycles. The van der Waals surface area contributed by atoms with Gasteiger partial charge in [-0.2, -0.15) is 5.10 Å². The molecule has 23 heavy (non-hydrogen) atoms. The van der Waals surface area contributed by atoms with Crippen molar-refractivity contribution in [2.45, 2.75) is 32.0 Å². The summed E-state index contributed by atoms with van der Waals surface area (Å²) < 4.78 is 1.76. The van der Waals surface area contributed by atoms with E-state index >= 15 is 0 Å². The van der Waals surface area contributed by atoms with E-state index in [2.05, 4.69) is 22.4 Å². The lowest BCUT2D eigenvalue weighted by atomic mass is 10.00. The molecule has 1 aromatic heterocycles. The summed E-state index contributed by atoms with van der Waals surface area (Å²) >= 11 is 5.98. The molecule has 3 rings (SSSR count). The largest absolute Gasteiger partial charge is 0.347 e. The summed E-state index contributed by atoms with van der Waals surface area (Å²) in [5, 5.41) is 8.05. The SMILES string of the molecule is CCn1cc(C(=O)N[C@H]2CCN(C)[C@H]2c2ccc(Cl)cc2)cn1. The van der Waals surface area contributed by atoms with Gasteiger partial charge in [0, 0.05) is 24.3 Å². The maximum atomic E-state index is 12.5. The summed E-state index contributed by atoms with van der Waals surface area (Å²) in [5.41, 5.74) is 1.78. The van der Waals surface area contributed by atoms with Crippen LogP contribution in [0.25, 0.3) is 0 Å². The number of amides is 1. The van der Waals surface area contributed by atoms with Crippen molar-refractivity contribution in [1.82, 2.24) is 20.0 Å². The first kappa shape index (κ1) is 16.0. The zero-order valence-electron chi connectivity index (χ0n) is 13.4. The first-order valence-electron chi connectivity index (χ1n) is 7.87. The molecule has 1 fully saturated rings. The lowest BCUT2D eigenvalue weighted by Crippen LogP contribution is -2.38. The molecule has 5 nitrogen and oxygen atoms in total. The van der Waals surface area contributed by atoms with Gasteiger partial charge in [0.25, 0.3) is 5.91 Å². The van der Waals surface area contributed by atoms with Crippen molar-refractivity contribution in [2.75, 3.05) is 13.6 Å². The fourth-order valence-corrected chi connectivity index (χ4v) is 3.28. The van der Waals surface area contributed by atoms with E-state index in [0.717, 1.165) is 24.5 Å². The molecule has 6 heteroatoms. The van der Waals surface area contributed by atoms with Crippen LogP contribution in [0.15, 0.2) is 36.7 Å². The van der Waals surface area contributed by atoms with Gasteiger partial charge in [0.2, 0.25) is 0 Å². The summed E-state index contributed by atoms with van der Waals surface area (Å²) in [6.45, 7) is 3.70. The zero-order chi connectivity index (χ0) is 16.4. The third kappa shape index (κ3) is 3.41. The molecule has 2 aromatic rings. The van der Waals surface area contributed by atoms with Crippen LogP contribution in [0.3, 0.4) is 0 Å². The zero-order valence-corrected chi connectivity index (χ0v) is 14.1. The fraction of sp³-hybridized carbons (Fsp3) is 0.412. The Morgan fingerprint density at radius 2 is 2.13 bits per heavy atom. The van der Waals surface area contributed by atoms with Gasteiger partial charge < -0.3 is 5.32 Å². The molecule has 0 saturated carbocycles. The molecular weight excluding hydrogens is 312 g/mol. The quantitative estimate of drug-likeness (QED) is 0.936. The number of aromatic nitrogens is 2. The molecular formula is C17H21ClN4O. The Hall–Kier alpha value is -1.85. The Morgan fingerprint density at radius 3 is 2.78 bits per heavy atom. The molecule has 1 aromatic carbocycles. The molecule has 0 bridgehead atoms. The number of aryl methyl sites for hydroxylation is 1. The summed E-state index contributed by atoms with van der Waals surface area (Å²) in [6.07, 6.45) is 4.33. The van der Waals surface area contributed by atoms with E-state index in [4.69, 9.17) is 11.6 Å². The van der Waals surface area contributed by atoms with Gasteiger partial charge in [0.05, 0.1) is 23.8 Å². The van der Waals surface area contributed by atoms with Crippen molar-refractivity contribution in [3.63, 3.8) is 0 Å². The smallest absolute Gasteiger partial charge is 0.254 e. The Bertz CT molecular complexity index is 682. The number of hydrogen-bond donors (Lipinski definition) is 1. The third-order valence-electron chi connectivity index (χ3n) is 4.40. The Labute approximate surface area is 141 Å². The fourth-order valence-electron chi connectivity index (χ4n) is 3.15. The number of rotatable bonds is 4. The predicted molar refractivity (Wildman–Crippen MR) is 90.6 cm³/mol. The van der Waals surface area contributed by atoms with Gasteiger partial charge in [-0.05, 0) is 38.1 Å². The monoisotopic (exact) mass is 332 g/mol. The molecule has 2 atom stereocenters. The second-order valence-electron chi connectivity index (χ2n) is 5.93. The highest BCUT2D eigenvalue weighted by Crippen LogP contribution is 2.31. The highest BCUT2D eigenvalue weighted by atomic mass is 35.5. The van der Waals surface area contributed by atoms with Crippen LogP contribution in [0.2, 0.25) is 5.02 Å². The average Bonchev–Trinajstić information content (AvgIpc) is 3.16. The first-order valence-corrected chi connectivity index (χ1v) is 8.25. The number of likely N-dealkylation sites (tertiary alicyclic amines) is 1. The standard InChI is InChI=1S/C17H21ClN4O/c1-3-22-11-13(10-19-22)17(23)20-15-8-9-21(2)16(15)12-4-6-14(18)7-5-12/h4-7,10-11,15-16H,3,8-9H2,1-2H3,(H,20,23)/t15-,16-/m0/s1. The van der Waals surface area contributed by atoms with Crippen molar-refractivity contribution >= 4 is 17.5 Å². The number of likely N-dealkylation sites (N-methyl/N-ethyl adjacent to an activating group) is 1. The molecule has 0 aliphatic carbocycles. The summed E-state index contributed by atoms with van der Waals surface area (Å²) in [6, 6.07) is 8.10. The number of nitrogens with zero attached hydrogens (tertiary/aromatic N) is 3. The molecule has 0 unspecified atom stereocenters. The minimum atomic E-state index is -0.0658. The second kappa shape index (κ2) is 6.72. The third-order valence-corrected chi connectivity index (χ3v) is 4.65. The molecule has 0 spiro atoms. The van der Waals surface area contributed by atoms with Crippen LogP contribution in [-0.4, -0.2) is 40.2 Å². The van der Waals surface area contributed by atoms with E-state index in [1.165, 1.54) is 5.56 Å². The van der Waals surface area contributed by atoms with E-state index in [-0.39, 0.29) is 18.0 Å². The number of benzene rings is 1. The molecule has 1 amide bonds. The van der Waals surface area contributed by atoms with Crippen molar-refractivity contribution < 1.29 is 4.79 Å². The van der Waals surface area contributed by atoms with Crippen LogP contribution in [0.1, 0.15) is 35.3 Å². The van der Waals surface area contributed by atoms with Gasteiger partial charge in [-0.1, -0.05) is 23.7 Å². The number of carbonyl (C=O) groups excluding carboxylic acids is 1. The maximum Gasteiger partial charge on any atom is 0.254 e. The van der Waals surface area contributed by atoms with E-state index in [1.54, 1.807) is 17.1 Å². The van der Waals surface area contributed by atoms with Gasteiger partial charge in [-0.25, -0.2) is 0 Å². The van der Waals surface area contributed by atoms with E-state index in [1.807, 2.05) is 31.2 Å². The predicted octanol–water partition coefficient (Wildman–Crippen LogP) is 2.73. The van der Waals surface area contributed by atoms with E-state index in [0.29, 0.717) is 5.56 Å². The number of hydrogen-bond acceptors (Lipinski definition) is 3. The first-order chi connectivity index (χ1) is 11.1. The molecule has 1 saturated heterocycles. The van der Waals surface area contributed by atoms with Gasteiger partial charge in [-0.3, -0.25) is 14.4 Å². The van der Waals surface area contributed by atoms with Crippen molar-refractivity contribution in [2.24, 2.45) is 0 Å². The molecule has 1 aliphatic rings.